The molecule has 4 heteroatoms. The second-order valence-electron chi connectivity index (χ2n) is 0. The summed E-state index contributed by atoms with van der Waals surface area (Å²) < 4.78 is 16.6. The summed E-state index contributed by atoms with van der Waals surface area (Å²) >= 11 is 0.825. The topological polar surface area (TPSA) is 34.1 Å². The van der Waals surface area contributed by atoms with Crippen LogP contribution < -0.4 is 0 Å². The molecule has 0 aromatic heterocycles. The van der Waals surface area contributed by atoms with Crippen LogP contribution in [-0.4, -0.2) is 16.5 Å². The van der Waals surface area contributed by atoms with E-state index < -0.39 is 0 Å². The second-order valence-corrected chi connectivity index (χ2v) is 0. The summed E-state index contributed by atoms with van der Waals surface area (Å²) in [6.45, 7) is 0. The fourth-order valence-corrected chi connectivity index (χ4v) is 0. The molecular weight excluding hydrogens is 201 g/mol. The Bertz CT molecular complexity index is 8.00. The molecule has 24 valence electrons. The Morgan fingerprint density at radius 2 is 1.25 bits per heavy atom. The van der Waals surface area contributed by atoms with Gasteiger partial charge < -0.3 is 0 Å². The van der Waals surface area contributed by atoms with Crippen LogP contribution in [0.25, 0.3) is 0 Å². The van der Waals surface area contributed by atoms with E-state index in [0.717, 1.165) is 0 Å². The van der Waals surface area contributed by atoms with E-state index in [4.69, 9.17) is 7.18 Å². The Morgan fingerprint density at radius 1 is 1.25 bits per heavy atom. The maximum atomic E-state index is 8.38. The second kappa shape index (κ2) is 44.5. The van der Waals surface area contributed by atoms with E-state index in [1.54, 1.807) is 0 Å². The van der Waals surface area contributed by atoms with E-state index in [9.17, 15) is 0 Å². The van der Waals surface area contributed by atoms with Crippen LogP contribution in [0, 0.1) is 0 Å². The van der Waals surface area contributed by atoms with E-state index in [0.29, 0.717) is 19.8 Å². The molecule has 4 heavy (non-hydrogen) atoms. The summed E-state index contributed by atoms with van der Waals surface area (Å²) in [5.74, 6) is 0. The molecule has 0 saturated heterocycles. The van der Waals surface area contributed by atoms with Gasteiger partial charge in [0.2, 0.25) is 0 Å². The summed E-state index contributed by atoms with van der Waals surface area (Å²) in [4.78, 5) is 0. The molecule has 0 aromatic rings. The van der Waals surface area contributed by atoms with Crippen LogP contribution in [0.3, 0.4) is 0 Å². The third kappa shape index (κ3) is 13.7. The first-order valence-corrected chi connectivity index (χ1v) is 2.49. The van der Waals surface area contributed by atoms with Gasteiger partial charge in [-0.15, -0.1) is 0 Å². The first-order chi connectivity index (χ1) is 2.00. The number of hydrogen-bond donors (Lipinski definition) is 0. The molecule has 0 rings (SSSR count). The molecule has 0 amide bonds. The molecule has 0 aliphatic carbocycles. The van der Waals surface area contributed by atoms with Gasteiger partial charge in [-0.25, -0.2) is 0 Å². The fourth-order valence-electron chi connectivity index (χ4n) is 0. The van der Waals surface area contributed by atoms with Crippen LogP contribution in [0.5, 0.6) is 0 Å². The third-order valence-electron chi connectivity index (χ3n) is 0. The van der Waals surface area contributed by atoms with Crippen molar-refractivity contribution in [2.45, 2.75) is 0 Å². The summed E-state index contributed by atoms with van der Waals surface area (Å²) in [7, 11) is 0. The van der Waals surface area contributed by atoms with Crippen LogP contribution in [0.2, 0.25) is 0 Å². The van der Waals surface area contributed by atoms with Crippen molar-refractivity contribution in [1.29, 1.82) is 0 Å². The van der Waals surface area contributed by atoms with Crippen molar-refractivity contribution in [3.8, 4) is 0 Å². The van der Waals surface area contributed by atoms with Gasteiger partial charge in [-0.05, 0) is 0 Å². The van der Waals surface area contributed by atoms with Crippen LogP contribution >= 0.6 is 0 Å². The summed E-state index contributed by atoms with van der Waals surface area (Å²) in [6.07, 6.45) is 0. The molecule has 0 saturated carbocycles. The summed E-state index contributed by atoms with van der Waals surface area (Å²) in [6, 6.07) is 0. The van der Waals surface area contributed by atoms with Crippen LogP contribution in [-0.2, 0) is 27.0 Å². The van der Waals surface area contributed by atoms with Crippen molar-refractivity contribution in [1.82, 2.24) is 0 Å². The monoisotopic (exact) mass is 206 g/mol. The van der Waals surface area contributed by atoms with Crippen molar-refractivity contribution >= 4 is 16.5 Å². The van der Waals surface area contributed by atoms with Gasteiger partial charge in [-0.3, -0.25) is 0 Å². The van der Waals surface area contributed by atoms with Crippen molar-refractivity contribution in [2.75, 3.05) is 0 Å². The van der Waals surface area contributed by atoms with Crippen LogP contribution in [0.1, 0.15) is 0 Å². The Balaban J connectivity index is 0. The predicted molar refractivity (Wildman–Crippen MR) is 9.92 cm³/mol. The first-order valence-electron chi connectivity index (χ1n) is 0.455. The predicted octanol–water partition coefficient (Wildman–Crippen LogP) is -1.16. The van der Waals surface area contributed by atoms with E-state index in [2.05, 4.69) is 0 Å². The molecule has 0 N–H and O–H groups in total. The maximum absolute atomic E-state index is 8.38. The van der Waals surface area contributed by atoms with Crippen LogP contribution in [0.15, 0.2) is 0 Å². The normalized spacial score (nSPS) is 2.00. The zero-order chi connectivity index (χ0) is 4.00. The van der Waals surface area contributed by atoms with Gasteiger partial charge >= 0.3 is 43.4 Å². The van der Waals surface area contributed by atoms with Gasteiger partial charge in [-0.2, -0.15) is 0 Å². The molecule has 0 atom stereocenters. The standard InChI is InChI=1S/GeH2O.Mo.O/c1-2;;/h1H2;;. The quantitative estimate of drug-likeness (QED) is 0.465. The molecule has 0 unspecified atom stereocenters. The van der Waals surface area contributed by atoms with E-state index in [1.807, 2.05) is 0 Å². The molecule has 0 heterocycles. The van der Waals surface area contributed by atoms with Gasteiger partial charge in [0.15, 0.2) is 0 Å². The Kier molecular flexibility index (Phi) is 98.3. The van der Waals surface area contributed by atoms with Crippen molar-refractivity contribution in [3.63, 3.8) is 0 Å². The average molecular weight is 203 g/mol. The molecule has 0 radical (unpaired) electrons. The van der Waals surface area contributed by atoms with Gasteiger partial charge in [0, 0.05) is 0 Å². The van der Waals surface area contributed by atoms with E-state index >= 15 is 0 Å². The van der Waals surface area contributed by atoms with Crippen molar-refractivity contribution < 1.29 is 27.0 Å². The van der Waals surface area contributed by atoms with E-state index in [-0.39, 0.29) is 16.5 Å². The first kappa shape index (κ1) is 8.85. The van der Waals surface area contributed by atoms with Gasteiger partial charge in [0.05, 0.1) is 0 Å². The third-order valence-corrected chi connectivity index (χ3v) is 0. The zero-order valence-electron chi connectivity index (χ0n) is 1.93. The molecule has 0 aliphatic rings. The Hall–Kier alpha value is 0.831. The fraction of sp³-hybridized carbons (Fsp3) is 0. The molecule has 0 aromatic carbocycles. The Labute approximate surface area is 43.6 Å². The summed E-state index contributed by atoms with van der Waals surface area (Å²) in [5, 5.41) is 0. The minimum absolute atomic E-state index is 0.125. The summed E-state index contributed by atoms with van der Waals surface area (Å²) in [5.41, 5.74) is 0. The Morgan fingerprint density at radius 3 is 1.25 bits per heavy atom. The van der Waals surface area contributed by atoms with Gasteiger partial charge in [0.25, 0.3) is 0 Å². The van der Waals surface area contributed by atoms with Crippen molar-refractivity contribution in [2.24, 2.45) is 0 Å². The van der Waals surface area contributed by atoms with Crippen molar-refractivity contribution in [3.05, 3.63) is 0 Å². The molecule has 0 spiro atoms. The molecular formula is H2GeMoO2. The minimum atomic E-state index is 0.125. The molecule has 2 nitrogen and oxygen atoms in total. The van der Waals surface area contributed by atoms with Crippen LogP contribution in [0.4, 0.5) is 0 Å². The zero-order valence-corrected chi connectivity index (χ0v) is 6.91. The molecule has 0 aliphatic heterocycles. The van der Waals surface area contributed by atoms with E-state index in [1.165, 1.54) is 0 Å². The van der Waals surface area contributed by atoms with Gasteiger partial charge in [-0.1, -0.05) is 0 Å². The molecule has 0 bridgehead atoms. The SMILES string of the molecule is [O]=[GeH2].[O]=[Mo]. The average Bonchev–Trinajstić information content (AvgIpc) is 1.50. The number of rotatable bonds is 0. The number of hydrogen-bond acceptors (Lipinski definition) is 2. The molecule has 0 fully saturated rings. The van der Waals surface area contributed by atoms with Gasteiger partial charge in [0.1, 0.15) is 0 Å².